The fourth-order valence-corrected chi connectivity index (χ4v) is 3.34. The van der Waals surface area contributed by atoms with Crippen molar-refractivity contribution in [1.82, 2.24) is 9.78 Å². The van der Waals surface area contributed by atoms with Gasteiger partial charge in [0.05, 0.1) is 5.69 Å². The van der Waals surface area contributed by atoms with Gasteiger partial charge >= 0.3 is 6.09 Å². The summed E-state index contributed by atoms with van der Waals surface area (Å²) in [4.78, 5) is 24.8. The molecule has 0 fully saturated rings. The van der Waals surface area contributed by atoms with Gasteiger partial charge in [-0.25, -0.2) is 4.79 Å². The predicted octanol–water partition coefficient (Wildman–Crippen LogP) is 4.93. The minimum absolute atomic E-state index is 0.0389. The molecule has 29 heavy (non-hydrogen) atoms. The summed E-state index contributed by atoms with van der Waals surface area (Å²) in [6, 6.07) is 7.40. The molecule has 1 radical (unpaired) electrons. The highest BCUT2D eigenvalue weighted by atomic mass is 28.3. The average molecular weight is 416 g/mol. The topological polar surface area (TPSA) is 70.4 Å². The van der Waals surface area contributed by atoms with Gasteiger partial charge in [0.1, 0.15) is 11.4 Å². The molecule has 0 atom stereocenters. The first-order chi connectivity index (χ1) is 13.2. The maximum atomic E-state index is 12.5. The molecule has 1 aromatic carbocycles. The molecular weight excluding hydrogens is 384 g/mol. The number of aromatic nitrogens is 2. The van der Waals surface area contributed by atoms with Crippen molar-refractivity contribution in [3.05, 3.63) is 45.7 Å². The Morgan fingerprint density at radius 2 is 1.69 bits per heavy atom. The van der Waals surface area contributed by atoms with Crippen LogP contribution in [-0.4, -0.2) is 30.5 Å². The lowest BCUT2D eigenvalue weighted by atomic mass is 9.86. The molecule has 0 unspecified atom stereocenters. The van der Waals surface area contributed by atoms with Gasteiger partial charge in [0.2, 0.25) is 0 Å². The van der Waals surface area contributed by atoms with E-state index >= 15 is 0 Å². The Labute approximate surface area is 174 Å². The van der Waals surface area contributed by atoms with Crippen LogP contribution in [0.4, 0.5) is 4.79 Å². The fourth-order valence-electron chi connectivity index (χ4n) is 2.73. The number of nitrogens with zero attached hydrogens (tertiary/aromatic N) is 2. The fraction of sp³-hybridized carbons (Fsp3) is 0.500. The number of benzene rings is 1. The predicted molar refractivity (Wildman–Crippen MR) is 117 cm³/mol. The van der Waals surface area contributed by atoms with Crippen LogP contribution in [0.25, 0.3) is 11.3 Å². The lowest BCUT2D eigenvalue weighted by molar-refractivity contribution is 0.0506. The van der Waals surface area contributed by atoms with Crippen molar-refractivity contribution in [2.45, 2.75) is 72.6 Å². The van der Waals surface area contributed by atoms with Crippen LogP contribution in [0.5, 0.6) is 5.75 Å². The zero-order valence-corrected chi connectivity index (χ0v) is 19.8. The highest BCUT2D eigenvalue weighted by molar-refractivity contribution is 6.49. The van der Waals surface area contributed by atoms with E-state index in [2.05, 4.69) is 39.0 Å². The second kappa shape index (κ2) is 8.14. The van der Waals surface area contributed by atoms with Crippen LogP contribution in [-0.2, 0) is 10.2 Å². The first-order valence-electron chi connectivity index (χ1n) is 9.66. The highest BCUT2D eigenvalue weighted by Gasteiger charge is 2.23. The van der Waals surface area contributed by atoms with Crippen molar-refractivity contribution in [2.24, 2.45) is 0 Å². The van der Waals surface area contributed by atoms with Crippen molar-refractivity contribution in [3.8, 4) is 17.0 Å². The van der Waals surface area contributed by atoms with Gasteiger partial charge in [0.25, 0.3) is 14.6 Å². The Morgan fingerprint density at radius 1 is 1.07 bits per heavy atom. The van der Waals surface area contributed by atoms with Gasteiger partial charge < -0.3 is 9.16 Å². The number of rotatable bonds is 3. The van der Waals surface area contributed by atoms with Crippen molar-refractivity contribution in [1.29, 1.82) is 0 Å². The van der Waals surface area contributed by atoms with E-state index in [0.717, 1.165) is 15.8 Å². The molecular formula is C22H31N2O4Si. The molecule has 0 aliphatic heterocycles. The summed E-state index contributed by atoms with van der Waals surface area (Å²) in [6.07, 6.45) is -0.798. The zero-order valence-electron chi connectivity index (χ0n) is 18.8. The lowest BCUT2D eigenvalue weighted by Gasteiger charge is -2.23. The maximum Gasteiger partial charge on any atom is 0.438 e. The molecule has 7 heteroatoms. The van der Waals surface area contributed by atoms with Gasteiger partial charge in [-0.1, -0.05) is 26.8 Å². The molecule has 0 spiro atoms. The van der Waals surface area contributed by atoms with Crippen LogP contribution < -0.4 is 9.99 Å². The second-order valence-corrected chi connectivity index (χ2v) is 11.4. The summed E-state index contributed by atoms with van der Waals surface area (Å²) >= 11 is 0. The van der Waals surface area contributed by atoms with Gasteiger partial charge in [0.15, 0.2) is 0 Å². The number of carbonyl (C=O) groups is 1. The van der Waals surface area contributed by atoms with Crippen LogP contribution in [0, 0.1) is 6.92 Å². The Balaban J connectivity index is 2.65. The van der Waals surface area contributed by atoms with E-state index in [1.165, 1.54) is 6.07 Å². The number of ether oxygens (including phenoxy) is 1. The van der Waals surface area contributed by atoms with E-state index in [1.807, 2.05) is 18.2 Å². The Bertz CT molecular complexity index is 966. The monoisotopic (exact) mass is 415 g/mol. The van der Waals surface area contributed by atoms with Crippen LogP contribution >= 0.6 is 0 Å². The summed E-state index contributed by atoms with van der Waals surface area (Å²) in [5, 5.41) is 4.35. The second-order valence-electron chi connectivity index (χ2n) is 9.38. The molecule has 2 rings (SSSR count). The first-order valence-corrected chi connectivity index (χ1v) is 12.1. The normalized spacial score (nSPS) is 12.2. The quantitative estimate of drug-likeness (QED) is 0.665. The van der Waals surface area contributed by atoms with E-state index in [9.17, 15) is 9.59 Å². The third-order valence-electron chi connectivity index (χ3n) is 4.11. The van der Waals surface area contributed by atoms with E-state index in [0.29, 0.717) is 17.0 Å². The minimum atomic E-state index is -1.04. The molecule has 0 bridgehead atoms. The van der Waals surface area contributed by atoms with Crippen molar-refractivity contribution < 1.29 is 14.0 Å². The highest BCUT2D eigenvalue weighted by Crippen LogP contribution is 2.35. The third kappa shape index (κ3) is 5.79. The van der Waals surface area contributed by atoms with E-state index in [-0.39, 0.29) is 5.41 Å². The maximum absolute atomic E-state index is 12.5. The molecule has 0 saturated carbocycles. The van der Waals surface area contributed by atoms with Gasteiger partial charge in [-0.2, -0.15) is 5.10 Å². The molecule has 0 N–H and O–H groups in total. The van der Waals surface area contributed by atoms with E-state index in [4.69, 9.17) is 9.16 Å². The Morgan fingerprint density at radius 3 is 2.21 bits per heavy atom. The third-order valence-corrected chi connectivity index (χ3v) is 4.73. The zero-order chi connectivity index (χ0) is 22.1. The Kier molecular flexibility index (Phi) is 6.42. The smallest absolute Gasteiger partial charge is 0.438 e. The number of carbonyl (C=O) groups excluding carboxylic acids is 1. The van der Waals surface area contributed by atoms with Gasteiger partial charge in [-0.15, -0.1) is 4.68 Å². The molecule has 2 aromatic rings. The van der Waals surface area contributed by atoms with Crippen molar-refractivity contribution in [2.75, 3.05) is 0 Å². The van der Waals surface area contributed by atoms with E-state index in [1.54, 1.807) is 27.7 Å². The minimum Gasteiger partial charge on any atom is -0.542 e. The summed E-state index contributed by atoms with van der Waals surface area (Å²) in [5.41, 5.74) is 1.79. The Hall–Kier alpha value is -2.41. The summed E-state index contributed by atoms with van der Waals surface area (Å²) in [6.45, 7) is 17.6. The molecule has 0 amide bonds. The summed E-state index contributed by atoms with van der Waals surface area (Å²) < 4.78 is 12.3. The largest absolute Gasteiger partial charge is 0.542 e. The standard InChI is InChI=1S/C22H31N2O4Si/c1-14-12-18(25)24(20(26)27-22(5,6)7)23-19(14)16-11-10-15(21(2,3)4)13-17(16)28-29(8)9/h10-13H,1-9H3. The summed E-state index contributed by atoms with van der Waals surface area (Å²) in [7, 11) is -1.04. The van der Waals surface area contributed by atoms with Crippen molar-refractivity contribution >= 4 is 15.1 Å². The molecule has 6 nitrogen and oxygen atoms in total. The number of hydrogen-bond donors (Lipinski definition) is 0. The molecule has 1 aromatic heterocycles. The molecule has 0 aliphatic carbocycles. The van der Waals surface area contributed by atoms with Crippen LogP contribution in [0.2, 0.25) is 13.1 Å². The lowest BCUT2D eigenvalue weighted by Crippen LogP contribution is -2.35. The molecule has 157 valence electrons. The van der Waals surface area contributed by atoms with Crippen LogP contribution in [0.1, 0.15) is 52.7 Å². The van der Waals surface area contributed by atoms with Crippen molar-refractivity contribution in [3.63, 3.8) is 0 Å². The number of hydrogen-bond acceptors (Lipinski definition) is 5. The molecule has 0 saturated heterocycles. The van der Waals surface area contributed by atoms with Gasteiger partial charge in [0, 0.05) is 11.6 Å². The first kappa shape index (κ1) is 22.9. The molecule has 1 heterocycles. The summed E-state index contributed by atoms with van der Waals surface area (Å²) in [5.74, 6) is 0.710. The van der Waals surface area contributed by atoms with E-state index < -0.39 is 26.3 Å². The van der Waals surface area contributed by atoms with Crippen LogP contribution in [0.15, 0.2) is 29.1 Å². The van der Waals surface area contributed by atoms with Gasteiger partial charge in [-0.3, -0.25) is 4.79 Å². The van der Waals surface area contributed by atoms with Gasteiger partial charge in [-0.05, 0) is 69.5 Å². The number of aryl methyl sites for hydroxylation is 1. The molecule has 0 aliphatic rings. The average Bonchev–Trinajstić information content (AvgIpc) is 2.52. The van der Waals surface area contributed by atoms with Crippen LogP contribution in [0.3, 0.4) is 0 Å². The SMILES string of the molecule is Cc1cc(=O)n(C(=O)OC(C)(C)C)nc1-c1ccc(C(C)(C)C)cc1O[Si](C)C.